The van der Waals surface area contributed by atoms with Gasteiger partial charge in [-0.05, 0) is 48.8 Å². The van der Waals surface area contributed by atoms with E-state index in [9.17, 15) is 4.79 Å². The van der Waals surface area contributed by atoms with Crippen molar-refractivity contribution < 1.29 is 9.21 Å². The highest BCUT2D eigenvalue weighted by atomic mass is 79.9. The Kier molecular flexibility index (Phi) is 4.09. The summed E-state index contributed by atoms with van der Waals surface area (Å²) < 4.78 is 8.02. The van der Waals surface area contributed by atoms with Crippen molar-refractivity contribution in [2.45, 2.75) is 33.9 Å². The average Bonchev–Trinajstić information content (AvgIpc) is 2.88. The van der Waals surface area contributed by atoms with Crippen LogP contribution in [0.25, 0.3) is 0 Å². The van der Waals surface area contributed by atoms with E-state index in [1.165, 1.54) is 0 Å². The molecule has 0 radical (unpaired) electrons. The Hall–Kier alpha value is -1.56. The lowest BCUT2D eigenvalue weighted by Gasteiger charge is -2.05. The Bertz CT molecular complexity index is 601. The van der Waals surface area contributed by atoms with E-state index in [1.54, 1.807) is 4.68 Å². The van der Waals surface area contributed by atoms with Crippen molar-refractivity contribution in [1.82, 2.24) is 15.1 Å². The molecule has 0 fully saturated rings. The number of nitrogens with zero attached hydrogens (tertiary/aromatic N) is 2. The molecular weight excluding hydrogens is 310 g/mol. The number of amides is 1. The maximum Gasteiger partial charge on any atom is 0.242 e. The first-order valence-corrected chi connectivity index (χ1v) is 6.78. The first-order chi connectivity index (χ1) is 8.97. The average molecular weight is 326 g/mol. The van der Waals surface area contributed by atoms with Crippen LogP contribution < -0.4 is 5.32 Å². The lowest BCUT2D eigenvalue weighted by molar-refractivity contribution is -0.122. The molecule has 0 aliphatic rings. The lowest BCUT2D eigenvalue weighted by Crippen LogP contribution is -2.27. The highest BCUT2D eigenvalue weighted by Crippen LogP contribution is 2.19. The Morgan fingerprint density at radius 3 is 2.68 bits per heavy atom. The molecule has 102 valence electrons. The Labute approximate surface area is 120 Å². The Balaban J connectivity index is 1.92. The van der Waals surface area contributed by atoms with Crippen LogP contribution in [0.3, 0.4) is 0 Å². The predicted octanol–water partition coefficient (Wildman–Crippen LogP) is 2.48. The van der Waals surface area contributed by atoms with Gasteiger partial charge in [-0.15, -0.1) is 0 Å². The summed E-state index contributed by atoms with van der Waals surface area (Å²) in [5.41, 5.74) is 1.83. The van der Waals surface area contributed by atoms with Crippen molar-refractivity contribution in [2.75, 3.05) is 0 Å². The molecule has 0 saturated heterocycles. The van der Waals surface area contributed by atoms with Gasteiger partial charge in [0.2, 0.25) is 5.91 Å². The first-order valence-electron chi connectivity index (χ1n) is 5.99. The van der Waals surface area contributed by atoms with E-state index in [0.29, 0.717) is 6.54 Å². The number of hydrogen-bond donors (Lipinski definition) is 1. The molecule has 2 aromatic rings. The van der Waals surface area contributed by atoms with Crippen LogP contribution in [0.4, 0.5) is 0 Å². The molecule has 0 aliphatic heterocycles. The van der Waals surface area contributed by atoms with Crippen molar-refractivity contribution in [2.24, 2.45) is 0 Å². The number of carbonyl (C=O) groups excluding carboxylic acids is 1. The zero-order chi connectivity index (χ0) is 14.0. The van der Waals surface area contributed by atoms with Crippen molar-refractivity contribution in [1.29, 1.82) is 0 Å². The first kappa shape index (κ1) is 13.9. The van der Waals surface area contributed by atoms with Crippen LogP contribution in [-0.2, 0) is 17.9 Å². The van der Waals surface area contributed by atoms with Gasteiger partial charge >= 0.3 is 0 Å². The van der Waals surface area contributed by atoms with Gasteiger partial charge in [0.15, 0.2) is 0 Å². The summed E-state index contributed by atoms with van der Waals surface area (Å²) in [6, 6.07) is 3.73. The van der Waals surface area contributed by atoms with E-state index in [-0.39, 0.29) is 12.5 Å². The van der Waals surface area contributed by atoms with Crippen LogP contribution in [0, 0.1) is 20.8 Å². The van der Waals surface area contributed by atoms with Crippen LogP contribution in [0.5, 0.6) is 0 Å². The summed E-state index contributed by atoms with van der Waals surface area (Å²) in [7, 11) is 0. The number of hydrogen-bond acceptors (Lipinski definition) is 3. The van der Waals surface area contributed by atoms with E-state index in [0.717, 1.165) is 27.4 Å². The second kappa shape index (κ2) is 5.61. The third kappa shape index (κ3) is 3.26. The Morgan fingerprint density at radius 2 is 2.16 bits per heavy atom. The topological polar surface area (TPSA) is 60.1 Å². The van der Waals surface area contributed by atoms with E-state index >= 15 is 0 Å². The molecule has 2 heterocycles. The molecule has 5 nitrogen and oxygen atoms in total. The van der Waals surface area contributed by atoms with Crippen LogP contribution in [0.15, 0.2) is 21.0 Å². The molecule has 0 atom stereocenters. The summed E-state index contributed by atoms with van der Waals surface area (Å²) in [6.45, 7) is 6.30. The summed E-state index contributed by atoms with van der Waals surface area (Å²) in [5.74, 6) is 1.50. The van der Waals surface area contributed by atoms with Crippen LogP contribution in [0.1, 0.15) is 22.9 Å². The van der Waals surface area contributed by atoms with E-state index in [4.69, 9.17) is 4.42 Å². The maximum absolute atomic E-state index is 11.8. The molecule has 0 saturated carbocycles. The second-order valence-electron chi connectivity index (χ2n) is 4.43. The molecule has 1 N–H and O–H groups in total. The Morgan fingerprint density at radius 1 is 1.42 bits per heavy atom. The number of nitrogens with one attached hydrogen (secondary N) is 1. The molecule has 6 heteroatoms. The van der Waals surface area contributed by atoms with E-state index in [1.807, 2.05) is 32.9 Å². The monoisotopic (exact) mass is 325 g/mol. The van der Waals surface area contributed by atoms with E-state index < -0.39 is 0 Å². The number of halogens is 1. The SMILES string of the molecule is Cc1ccc(CNC(=O)Cn2nc(C)c(Br)c2C)o1. The normalized spacial score (nSPS) is 10.7. The minimum absolute atomic E-state index is 0.0906. The van der Waals surface area contributed by atoms with Gasteiger partial charge in [-0.1, -0.05) is 0 Å². The molecule has 1 amide bonds. The van der Waals surface area contributed by atoms with Gasteiger partial charge in [0, 0.05) is 0 Å². The molecule has 0 unspecified atom stereocenters. The van der Waals surface area contributed by atoms with Gasteiger partial charge in [0.1, 0.15) is 18.1 Å². The quantitative estimate of drug-likeness (QED) is 0.939. The van der Waals surface area contributed by atoms with Crippen molar-refractivity contribution >= 4 is 21.8 Å². The zero-order valence-corrected chi connectivity index (χ0v) is 12.7. The molecule has 0 spiro atoms. The van der Waals surface area contributed by atoms with Gasteiger partial charge in [-0.2, -0.15) is 5.10 Å². The molecule has 0 aromatic carbocycles. The number of rotatable bonds is 4. The fourth-order valence-corrected chi connectivity index (χ4v) is 2.07. The minimum Gasteiger partial charge on any atom is -0.465 e. The van der Waals surface area contributed by atoms with Crippen molar-refractivity contribution in [3.8, 4) is 0 Å². The van der Waals surface area contributed by atoms with Gasteiger partial charge < -0.3 is 9.73 Å². The zero-order valence-electron chi connectivity index (χ0n) is 11.2. The summed E-state index contributed by atoms with van der Waals surface area (Å²) in [5, 5.41) is 7.10. The largest absolute Gasteiger partial charge is 0.465 e. The van der Waals surface area contributed by atoms with Gasteiger partial charge in [-0.25, -0.2) is 0 Å². The molecule has 2 rings (SSSR count). The van der Waals surface area contributed by atoms with Crippen LogP contribution >= 0.6 is 15.9 Å². The highest BCUT2D eigenvalue weighted by Gasteiger charge is 2.11. The smallest absolute Gasteiger partial charge is 0.242 e. The standard InChI is InChI=1S/C13H16BrN3O2/c1-8-4-5-11(19-8)6-15-12(18)7-17-10(3)13(14)9(2)16-17/h4-5H,6-7H2,1-3H3,(H,15,18). The van der Waals surface area contributed by atoms with Gasteiger partial charge in [-0.3, -0.25) is 9.48 Å². The third-order valence-corrected chi connectivity index (χ3v) is 3.99. The van der Waals surface area contributed by atoms with E-state index in [2.05, 4.69) is 26.3 Å². The number of aromatic nitrogens is 2. The molecule has 0 aliphatic carbocycles. The summed E-state index contributed by atoms with van der Waals surface area (Å²) >= 11 is 3.44. The number of furan rings is 1. The predicted molar refractivity (Wildman–Crippen MR) is 74.7 cm³/mol. The summed E-state index contributed by atoms with van der Waals surface area (Å²) in [6.07, 6.45) is 0. The van der Waals surface area contributed by atoms with Crippen molar-refractivity contribution in [3.05, 3.63) is 39.5 Å². The molecule has 19 heavy (non-hydrogen) atoms. The van der Waals surface area contributed by atoms with Crippen LogP contribution in [0.2, 0.25) is 0 Å². The number of aryl methyl sites for hydroxylation is 2. The third-order valence-electron chi connectivity index (χ3n) is 2.84. The van der Waals surface area contributed by atoms with Gasteiger partial charge in [0.05, 0.1) is 22.4 Å². The lowest BCUT2D eigenvalue weighted by atomic mass is 10.4. The fourth-order valence-electron chi connectivity index (χ4n) is 1.79. The fraction of sp³-hybridized carbons (Fsp3) is 0.385. The highest BCUT2D eigenvalue weighted by molar-refractivity contribution is 9.10. The molecule has 2 aromatic heterocycles. The molecular formula is C13H16BrN3O2. The second-order valence-corrected chi connectivity index (χ2v) is 5.22. The number of carbonyl (C=O) groups is 1. The van der Waals surface area contributed by atoms with Crippen molar-refractivity contribution in [3.63, 3.8) is 0 Å². The summed E-state index contributed by atoms with van der Waals surface area (Å²) in [4.78, 5) is 11.8. The minimum atomic E-state index is -0.0906. The maximum atomic E-state index is 11.8. The molecule has 0 bridgehead atoms. The van der Waals surface area contributed by atoms with Gasteiger partial charge in [0.25, 0.3) is 0 Å². The van der Waals surface area contributed by atoms with Crippen LogP contribution in [-0.4, -0.2) is 15.7 Å².